The van der Waals surface area contributed by atoms with E-state index in [0.717, 1.165) is 31.2 Å². The monoisotopic (exact) mass is 469 g/mol. The Balaban J connectivity index is 1.53. The molecule has 1 N–H and O–H groups in total. The van der Waals surface area contributed by atoms with Gasteiger partial charge in [-0.2, -0.15) is 4.31 Å². The van der Waals surface area contributed by atoms with Crippen LogP contribution in [0.5, 0.6) is 5.75 Å². The summed E-state index contributed by atoms with van der Waals surface area (Å²) in [6.07, 6.45) is 5.19. The van der Waals surface area contributed by atoms with Crippen molar-refractivity contribution in [1.82, 2.24) is 19.1 Å². The Morgan fingerprint density at radius 3 is 2.48 bits per heavy atom. The summed E-state index contributed by atoms with van der Waals surface area (Å²) in [7, 11) is -2.38. The molecule has 174 valence electrons. The fourth-order valence-corrected chi connectivity index (χ4v) is 5.51. The Labute approximate surface area is 193 Å². The van der Waals surface area contributed by atoms with E-state index in [1.807, 2.05) is 30.3 Å². The molecule has 0 atom stereocenters. The molecule has 0 saturated carbocycles. The third-order valence-electron chi connectivity index (χ3n) is 5.56. The number of benzene rings is 2. The van der Waals surface area contributed by atoms with E-state index in [0.29, 0.717) is 19.6 Å². The van der Waals surface area contributed by atoms with E-state index in [9.17, 15) is 13.2 Å². The molecule has 10 heteroatoms. The number of rotatable bonds is 7. The lowest BCUT2D eigenvalue weighted by Crippen LogP contribution is -2.32. The highest BCUT2D eigenvalue weighted by atomic mass is 32.2. The average molecular weight is 470 g/mol. The predicted molar refractivity (Wildman–Crippen MR) is 124 cm³/mol. The highest BCUT2D eigenvalue weighted by molar-refractivity contribution is 7.89. The van der Waals surface area contributed by atoms with Gasteiger partial charge in [-0.1, -0.05) is 43.2 Å². The molecular weight excluding hydrogens is 442 g/mol. The number of carbonyl (C=O) groups is 1. The van der Waals surface area contributed by atoms with E-state index < -0.39 is 15.9 Å². The number of hydrogen-bond acceptors (Lipinski definition) is 6. The van der Waals surface area contributed by atoms with Crippen molar-refractivity contribution in [2.24, 2.45) is 0 Å². The maximum Gasteiger partial charge on any atom is 0.258 e. The molecule has 1 saturated heterocycles. The van der Waals surface area contributed by atoms with Gasteiger partial charge in [-0.3, -0.25) is 10.1 Å². The lowest BCUT2D eigenvalue weighted by molar-refractivity contribution is 0.102. The van der Waals surface area contributed by atoms with Crippen LogP contribution in [-0.4, -0.2) is 53.6 Å². The van der Waals surface area contributed by atoms with Crippen molar-refractivity contribution in [3.8, 4) is 5.75 Å². The number of ether oxygens (including phenoxy) is 1. The minimum absolute atomic E-state index is 0.0119. The second-order valence-corrected chi connectivity index (χ2v) is 9.80. The van der Waals surface area contributed by atoms with Crippen LogP contribution < -0.4 is 10.1 Å². The van der Waals surface area contributed by atoms with Gasteiger partial charge in [0.15, 0.2) is 0 Å². The first-order chi connectivity index (χ1) is 16.0. The van der Waals surface area contributed by atoms with Gasteiger partial charge in [0.25, 0.3) is 5.91 Å². The summed E-state index contributed by atoms with van der Waals surface area (Å²) in [6.45, 7) is 1.44. The Hall–Kier alpha value is -3.24. The zero-order valence-electron chi connectivity index (χ0n) is 18.5. The maximum atomic E-state index is 13.3. The number of hydrogen-bond donors (Lipinski definition) is 1. The van der Waals surface area contributed by atoms with Crippen molar-refractivity contribution in [3.05, 3.63) is 66.0 Å². The molecule has 1 fully saturated rings. The normalized spacial score (nSPS) is 15.1. The first-order valence-corrected chi connectivity index (χ1v) is 12.3. The van der Waals surface area contributed by atoms with Gasteiger partial charge >= 0.3 is 0 Å². The summed E-state index contributed by atoms with van der Waals surface area (Å²) in [4.78, 5) is 17.0. The second-order valence-electron chi connectivity index (χ2n) is 7.89. The van der Waals surface area contributed by atoms with Gasteiger partial charge in [0.05, 0.1) is 13.7 Å². The number of aromatic nitrogens is 3. The molecule has 1 aliphatic rings. The average Bonchev–Trinajstić information content (AvgIpc) is 3.07. The summed E-state index contributed by atoms with van der Waals surface area (Å²) in [5.41, 5.74) is 1.24. The zero-order valence-corrected chi connectivity index (χ0v) is 19.3. The van der Waals surface area contributed by atoms with Crippen molar-refractivity contribution in [3.63, 3.8) is 0 Å². The topological polar surface area (TPSA) is 106 Å². The van der Waals surface area contributed by atoms with Crippen LogP contribution in [0.1, 0.15) is 41.6 Å². The van der Waals surface area contributed by atoms with Crippen molar-refractivity contribution in [2.75, 3.05) is 25.5 Å². The summed E-state index contributed by atoms with van der Waals surface area (Å²) < 4.78 is 35.0. The van der Waals surface area contributed by atoms with E-state index in [2.05, 4.69) is 15.4 Å². The van der Waals surface area contributed by atoms with E-state index in [4.69, 9.17) is 4.74 Å². The standard InChI is InChI=1S/C23H27N5O4S/c1-32-20-12-11-19(15-21(20)33(30,31)28-13-7-2-3-8-14-28)22(29)25-23-24-17-27(26-23)16-18-9-5-4-6-10-18/h4-6,9-12,15,17H,2-3,7-8,13-14,16H2,1H3,(H,25,26,29). The van der Waals surface area contributed by atoms with Crippen LogP contribution in [-0.2, 0) is 16.6 Å². The number of anilines is 1. The predicted octanol–water partition coefficient (Wildman–Crippen LogP) is 3.15. The molecule has 1 aromatic heterocycles. The van der Waals surface area contributed by atoms with Crippen LogP contribution in [0.15, 0.2) is 59.8 Å². The minimum atomic E-state index is -3.79. The third-order valence-corrected chi connectivity index (χ3v) is 7.48. The lowest BCUT2D eigenvalue weighted by atomic mass is 10.2. The Morgan fingerprint density at radius 2 is 1.79 bits per heavy atom. The molecule has 1 aliphatic heterocycles. The smallest absolute Gasteiger partial charge is 0.258 e. The van der Waals surface area contributed by atoms with Crippen LogP contribution in [0.3, 0.4) is 0 Å². The molecule has 0 spiro atoms. The molecule has 2 aromatic carbocycles. The molecule has 0 radical (unpaired) electrons. The molecule has 0 bridgehead atoms. The van der Waals surface area contributed by atoms with Gasteiger partial charge in [-0.15, -0.1) is 5.10 Å². The second kappa shape index (κ2) is 10.1. The number of methoxy groups -OCH3 is 1. The number of nitrogens with zero attached hydrogens (tertiary/aromatic N) is 4. The molecule has 4 rings (SSSR count). The largest absolute Gasteiger partial charge is 0.495 e. The van der Waals surface area contributed by atoms with E-state index in [-0.39, 0.29) is 22.2 Å². The van der Waals surface area contributed by atoms with Crippen LogP contribution in [0.4, 0.5) is 5.95 Å². The highest BCUT2D eigenvalue weighted by Gasteiger charge is 2.29. The molecule has 3 aromatic rings. The summed E-state index contributed by atoms with van der Waals surface area (Å²) in [5, 5.41) is 6.92. The third kappa shape index (κ3) is 5.40. The van der Waals surface area contributed by atoms with Gasteiger partial charge < -0.3 is 4.74 Å². The van der Waals surface area contributed by atoms with Gasteiger partial charge in [0, 0.05) is 18.7 Å². The Morgan fingerprint density at radius 1 is 1.06 bits per heavy atom. The molecule has 0 unspecified atom stereocenters. The lowest BCUT2D eigenvalue weighted by Gasteiger charge is -2.21. The number of sulfonamides is 1. The number of carbonyl (C=O) groups excluding carboxylic acids is 1. The molecular formula is C23H27N5O4S. The zero-order chi connectivity index (χ0) is 23.3. The quantitative estimate of drug-likeness (QED) is 0.570. The van der Waals surface area contributed by atoms with Crippen LogP contribution >= 0.6 is 0 Å². The number of amides is 1. The van der Waals surface area contributed by atoms with Gasteiger partial charge in [0.2, 0.25) is 16.0 Å². The van der Waals surface area contributed by atoms with Gasteiger partial charge in [-0.05, 0) is 36.6 Å². The fraction of sp³-hybridized carbons (Fsp3) is 0.348. The maximum absolute atomic E-state index is 13.3. The van der Waals surface area contributed by atoms with Crippen molar-refractivity contribution < 1.29 is 17.9 Å². The van der Waals surface area contributed by atoms with Crippen molar-refractivity contribution in [1.29, 1.82) is 0 Å². The number of nitrogens with one attached hydrogen (secondary N) is 1. The minimum Gasteiger partial charge on any atom is -0.495 e. The van der Waals surface area contributed by atoms with E-state index in [1.165, 1.54) is 35.9 Å². The molecule has 33 heavy (non-hydrogen) atoms. The van der Waals surface area contributed by atoms with Gasteiger partial charge in [-0.25, -0.2) is 18.1 Å². The van der Waals surface area contributed by atoms with Gasteiger partial charge in [0.1, 0.15) is 17.0 Å². The van der Waals surface area contributed by atoms with E-state index in [1.54, 1.807) is 4.68 Å². The van der Waals surface area contributed by atoms with E-state index >= 15 is 0 Å². The summed E-state index contributed by atoms with van der Waals surface area (Å²) in [5.74, 6) is -0.146. The first-order valence-electron chi connectivity index (χ1n) is 10.9. The summed E-state index contributed by atoms with van der Waals surface area (Å²) >= 11 is 0. The van der Waals surface area contributed by atoms with Crippen molar-refractivity contribution >= 4 is 21.9 Å². The Bertz CT molecular complexity index is 1200. The molecule has 2 heterocycles. The van der Waals surface area contributed by atoms with Crippen LogP contribution in [0.2, 0.25) is 0 Å². The summed E-state index contributed by atoms with van der Waals surface area (Å²) in [6, 6.07) is 14.2. The van der Waals surface area contributed by atoms with Crippen LogP contribution in [0, 0.1) is 0 Å². The van der Waals surface area contributed by atoms with Crippen LogP contribution in [0.25, 0.3) is 0 Å². The molecule has 9 nitrogen and oxygen atoms in total. The molecule has 0 aliphatic carbocycles. The highest BCUT2D eigenvalue weighted by Crippen LogP contribution is 2.29. The molecule has 1 amide bonds. The Kier molecular flexibility index (Phi) is 7.05. The fourth-order valence-electron chi connectivity index (χ4n) is 3.81. The first kappa shape index (κ1) is 22.9. The SMILES string of the molecule is COc1ccc(C(=O)Nc2ncn(Cc3ccccc3)n2)cc1S(=O)(=O)N1CCCCCC1. The van der Waals surface area contributed by atoms with Crippen molar-refractivity contribution in [2.45, 2.75) is 37.1 Å².